The molecule has 0 aliphatic carbocycles. The highest BCUT2D eigenvalue weighted by molar-refractivity contribution is 5.85. The number of hydrogen-bond donors (Lipinski definition) is 2. The van der Waals surface area contributed by atoms with Crippen molar-refractivity contribution in [1.29, 1.82) is 0 Å². The van der Waals surface area contributed by atoms with Gasteiger partial charge in [-0.25, -0.2) is 0 Å². The number of hydrogen-bond acceptors (Lipinski definition) is 3. The molecule has 4 heteroatoms. The number of nitrogens with one attached hydrogen (secondary N) is 2. The van der Waals surface area contributed by atoms with E-state index in [2.05, 4.69) is 89.1 Å². The normalized spacial score (nSPS) is 19.3. The quantitative estimate of drug-likeness (QED) is 0.532. The Balaban J connectivity index is 1.42. The van der Waals surface area contributed by atoms with Gasteiger partial charge in [-0.3, -0.25) is 4.90 Å². The Hall–Kier alpha value is -2.72. The van der Waals surface area contributed by atoms with Gasteiger partial charge >= 0.3 is 0 Å². The zero-order valence-corrected chi connectivity index (χ0v) is 18.8. The second-order valence-electron chi connectivity index (χ2n) is 9.05. The van der Waals surface area contributed by atoms with E-state index >= 15 is 0 Å². The van der Waals surface area contributed by atoms with Crippen molar-refractivity contribution >= 4 is 16.6 Å². The highest BCUT2D eigenvalue weighted by Gasteiger charge is 2.32. The molecule has 3 aromatic rings. The first kappa shape index (κ1) is 20.2. The predicted molar refractivity (Wildman–Crippen MR) is 131 cm³/mol. The average Bonchev–Trinajstić information content (AvgIpc) is 3.16. The van der Waals surface area contributed by atoms with Crippen molar-refractivity contribution in [3.05, 3.63) is 77.6 Å². The first-order chi connectivity index (χ1) is 15.2. The van der Waals surface area contributed by atoms with Crippen LogP contribution in [0.2, 0.25) is 0 Å². The van der Waals surface area contributed by atoms with Gasteiger partial charge in [0.15, 0.2) is 0 Å². The molecule has 1 saturated heterocycles. The number of rotatable bonds is 7. The molecule has 1 atom stereocenters. The van der Waals surface area contributed by atoms with Gasteiger partial charge in [-0.15, -0.1) is 0 Å². The second kappa shape index (κ2) is 8.43. The second-order valence-corrected chi connectivity index (χ2v) is 9.05. The minimum Gasteiger partial charge on any atom is -0.380 e. The number of aromatic nitrogens is 1. The zero-order chi connectivity index (χ0) is 21.4. The topological polar surface area (TPSA) is 34.3 Å². The van der Waals surface area contributed by atoms with E-state index in [9.17, 15) is 0 Å². The average molecular weight is 415 g/mol. The summed E-state index contributed by atoms with van der Waals surface area (Å²) in [7, 11) is 0. The minimum atomic E-state index is 0.196. The Morgan fingerprint density at radius 2 is 1.87 bits per heavy atom. The largest absolute Gasteiger partial charge is 0.380 e. The summed E-state index contributed by atoms with van der Waals surface area (Å²) >= 11 is 0. The van der Waals surface area contributed by atoms with Crippen molar-refractivity contribution in [1.82, 2.24) is 14.8 Å². The molecule has 31 heavy (non-hydrogen) atoms. The van der Waals surface area contributed by atoms with Crippen LogP contribution in [0.5, 0.6) is 0 Å². The molecule has 1 fully saturated rings. The van der Waals surface area contributed by atoms with E-state index in [0.717, 1.165) is 32.5 Å². The van der Waals surface area contributed by atoms with Crippen LogP contribution < -0.4 is 5.32 Å². The molecule has 162 valence electrons. The highest BCUT2D eigenvalue weighted by atomic mass is 15.2. The Bertz CT molecular complexity index is 1060. The van der Waals surface area contributed by atoms with Gasteiger partial charge in [-0.2, -0.15) is 0 Å². The molecule has 2 N–H and O–H groups in total. The minimum absolute atomic E-state index is 0.196. The lowest BCUT2D eigenvalue weighted by molar-refractivity contribution is 0.162. The van der Waals surface area contributed by atoms with Crippen LogP contribution in [0.4, 0.5) is 5.69 Å². The van der Waals surface area contributed by atoms with Crippen LogP contribution in [0.1, 0.15) is 49.6 Å². The summed E-state index contributed by atoms with van der Waals surface area (Å²) in [5.41, 5.74) is 7.79. The third kappa shape index (κ3) is 3.74. The monoisotopic (exact) mass is 414 g/mol. The maximum absolute atomic E-state index is 4.39. The first-order valence-electron chi connectivity index (χ1n) is 11.8. The van der Waals surface area contributed by atoms with E-state index in [1.807, 2.05) is 0 Å². The molecule has 2 aliphatic heterocycles. The van der Waals surface area contributed by atoms with Crippen LogP contribution in [-0.4, -0.2) is 47.0 Å². The molecule has 5 rings (SSSR count). The maximum atomic E-state index is 4.39. The Kier molecular flexibility index (Phi) is 5.49. The summed E-state index contributed by atoms with van der Waals surface area (Å²) in [6.07, 6.45) is 3.27. The van der Waals surface area contributed by atoms with Crippen molar-refractivity contribution in [3.8, 4) is 0 Å². The number of aromatic amines is 1. The Morgan fingerprint density at radius 3 is 2.61 bits per heavy atom. The number of fused-ring (bicyclic) bond motifs is 3. The lowest BCUT2D eigenvalue weighted by Crippen LogP contribution is -2.54. The van der Waals surface area contributed by atoms with Gasteiger partial charge in [-0.1, -0.05) is 50.8 Å². The maximum Gasteiger partial charge on any atom is 0.0944 e. The van der Waals surface area contributed by atoms with Crippen LogP contribution in [0.15, 0.2) is 60.8 Å². The molecule has 0 unspecified atom stereocenters. The van der Waals surface area contributed by atoms with Crippen LogP contribution in [-0.2, 0) is 6.42 Å². The number of H-pyrrole nitrogens is 1. The van der Waals surface area contributed by atoms with Crippen LogP contribution in [0.25, 0.3) is 10.9 Å². The van der Waals surface area contributed by atoms with Crippen molar-refractivity contribution < 1.29 is 0 Å². The van der Waals surface area contributed by atoms with E-state index in [1.165, 1.54) is 52.1 Å². The lowest BCUT2D eigenvalue weighted by Gasteiger charge is -2.40. The van der Waals surface area contributed by atoms with Gasteiger partial charge in [0, 0.05) is 47.6 Å². The number of likely N-dealkylation sites (tertiary alicyclic amines) is 1. The van der Waals surface area contributed by atoms with Crippen molar-refractivity contribution in [2.24, 2.45) is 0 Å². The van der Waals surface area contributed by atoms with E-state index < -0.39 is 0 Å². The van der Waals surface area contributed by atoms with E-state index in [4.69, 9.17) is 0 Å². The standard InChI is InChI=1S/C27H34N4/c1-4-15-30-17-22(18-30)28-21-12-10-20(11-13-21)27-26-24(14-16-31(27)19(3)5-2)23-8-6-7-9-25(23)29-26/h6-13,22,27-29H,3-5,14-18H2,1-2H3/t27-/m1/s1. The predicted octanol–water partition coefficient (Wildman–Crippen LogP) is 5.55. The number of benzene rings is 2. The smallest absolute Gasteiger partial charge is 0.0944 e. The number of nitrogens with zero attached hydrogens (tertiary/aromatic N) is 2. The van der Waals surface area contributed by atoms with Gasteiger partial charge in [0.2, 0.25) is 0 Å². The summed E-state index contributed by atoms with van der Waals surface area (Å²) in [5.74, 6) is 0. The molecule has 0 radical (unpaired) electrons. The van der Waals surface area contributed by atoms with Crippen molar-refractivity contribution in [2.75, 3.05) is 31.5 Å². The summed E-state index contributed by atoms with van der Waals surface area (Å²) in [6, 6.07) is 18.6. The van der Waals surface area contributed by atoms with E-state index in [-0.39, 0.29) is 6.04 Å². The Labute approximate surface area is 185 Å². The van der Waals surface area contributed by atoms with Gasteiger partial charge in [0.05, 0.1) is 12.1 Å². The zero-order valence-electron chi connectivity index (χ0n) is 18.8. The van der Waals surface area contributed by atoms with E-state index in [0.29, 0.717) is 6.04 Å². The lowest BCUT2D eigenvalue weighted by atomic mass is 9.91. The molecule has 0 spiro atoms. The molecule has 2 aromatic carbocycles. The molecule has 3 heterocycles. The highest BCUT2D eigenvalue weighted by Crippen LogP contribution is 2.40. The molecule has 0 saturated carbocycles. The molecule has 4 nitrogen and oxygen atoms in total. The van der Waals surface area contributed by atoms with Gasteiger partial charge in [-0.05, 0) is 55.1 Å². The van der Waals surface area contributed by atoms with Crippen LogP contribution in [0, 0.1) is 0 Å². The van der Waals surface area contributed by atoms with E-state index in [1.54, 1.807) is 0 Å². The fourth-order valence-corrected chi connectivity index (χ4v) is 5.29. The molecule has 0 bridgehead atoms. The summed E-state index contributed by atoms with van der Waals surface area (Å²) in [6.45, 7) is 13.4. The van der Waals surface area contributed by atoms with Gasteiger partial charge < -0.3 is 15.2 Å². The Morgan fingerprint density at radius 1 is 1.10 bits per heavy atom. The summed E-state index contributed by atoms with van der Waals surface area (Å²) in [4.78, 5) is 8.76. The number of para-hydroxylation sites is 1. The molecular formula is C27H34N4. The molecular weight excluding hydrogens is 380 g/mol. The number of anilines is 1. The van der Waals surface area contributed by atoms with Crippen LogP contribution >= 0.6 is 0 Å². The first-order valence-corrected chi connectivity index (χ1v) is 11.8. The summed E-state index contributed by atoms with van der Waals surface area (Å²) in [5, 5.41) is 5.07. The number of allylic oxidation sites excluding steroid dienone is 1. The van der Waals surface area contributed by atoms with Crippen LogP contribution in [0.3, 0.4) is 0 Å². The molecule has 2 aliphatic rings. The molecule has 1 aromatic heterocycles. The van der Waals surface area contributed by atoms with Gasteiger partial charge in [0.1, 0.15) is 0 Å². The third-order valence-corrected chi connectivity index (χ3v) is 6.94. The van der Waals surface area contributed by atoms with Gasteiger partial charge in [0.25, 0.3) is 0 Å². The van der Waals surface area contributed by atoms with Crippen molar-refractivity contribution in [3.63, 3.8) is 0 Å². The molecule has 0 amide bonds. The SMILES string of the molecule is C=C(CC)N1CCc2c([nH]c3ccccc23)[C@H]1c1ccc(NC2CN(CCC)C2)cc1. The third-order valence-electron chi connectivity index (χ3n) is 6.94. The van der Waals surface area contributed by atoms with Crippen molar-refractivity contribution in [2.45, 2.75) is 45.2 Å². The summed E-state index contributed by atoms with van der Waals surface area (Å²) < 4.78 is 0. The fraction of sp³-hybridized carbons (Fsp3) is 0.407. The fourth-order valence-electron chi connectivity index (χ4n) is 5.29.